The number of hydrogen-bond acceptors (Lipinski definition) is 3. The number of rotatable bonds is 5. The van der Waals surface area contributed by atoms with Crippen LogP contribution in [0.15, 0.2) is 30.3 Å². The Hall–Kier alpha value is -1.35. The van der Waals surface area contributed by atoms with E-state index in [-0.39, 0.29) is 18.2 Å². The smallest absolute Gasteiger partial charge is 0.338 e. The van der Waals surface area contributed by atoms with Crippen molar-refractivity contribution in [1.82, 2.24) is 0 Å². The minimum atomic E-state index is -0.390. The van der Waals surface area contributed by atoms with Gasteiger partial charge in [-0.05, 0) is 12.0 Å². The van der Waals surface area contributed by atoms with E-state index in [9.17, 15) is 4.79 Å². The highest BCUT2D eigenvalue weighted by atomic mass is 16.6. The van der Waals surface area contributed by atoms with Gasteiger partial charge < -0.3 is 9.47 Å². The van der Waals surface area contributed by atoms with Crippen LogP contribution in [0.2, 0.25) is 0 Å². The predicted molar refractivity (Wildman–Crippen MR) is 59.9 cm³/mol. The van der Waals surface area contributed by atoms with Gasteiger partial charge in [0.2, 0.25) is 0 Å². The average molecular weight is 220 g/mol. The van der Waals surface area contributed by atoms with Crippen LogP contribution in [0, 0.1) is 0 Å². The number of carbonyl (C=O) groups is 1. The first kappa shape index (κ1) is 11.1. The third-order valence-corrected chi connectivity index (χ3v) is 2.59. The molecule has 0 bridgehead atoms. The van der Waals surface area contributed by atoms with E-state index >= 15 is 0 Å². The molecule has 3 nitrogen and oxygen atoms in total. The van der Waals surface area contributed by atoms with Crippen molar-refractivity contribution in [3.63, 3.8) is 0 Å². The molecule has 1 aliphatic rings. The summed E-state index contributed by atoms with van der Waals surface area (Å²) in [5.74, 6) is -0.234. The van der Waals surface area contributed by atoms with Crippen molar-refractivity contribution in [2.24, 2.45) is 0 Å². The summed E-state index contributed by atoms with van der Waals surface area (Å²) in [7, 11) is 0. The molecule has 0 aromatic heterocycles. The Morgan fingerprint density at radius 1 is 1.38 bits per heavy atom. The number of unbranched alkanes of at least 4 members (excludes halogenated alkanes) is 1. The molecule has 2 unspecified atom stereocenters. The molecule has 1 aromatic rings. The van der Waals surface area contributed by atoms with E-state index < -0.39 is 0 Å². The fourth-order valence-electron chi connectivity index (χ4n) is 1.59. The average Bonchev–Trinajstić information content (AvgIpc) is 3.10. The van der Waals surface area contributed by atoms with Crippen LogP contribution >= 0.6 is 0 Å². The Bertz CT molecular complexity index is 347. The van der Waals surface area contributed by atoms with E-state index in [1.807, 2.05) is 30.3 Å². The summed E-state index contributed by atoms with van der Waals surface area (Å²) in [6.45, 7) is 2.56. The van der Waals surface area contributed by atoms with Crippen molar-refractivity contribution in [2.45, 2.75) is 32.0 Å². The van der Waals surface area contributed by atoms with Gasteiger partial charge in [-0.3, -0.25) is 0 Å². The van der Waals surface area contributed by atoms with Crippen LogP contribution in [0.25, 0.3) is 0 Å². The molecule has 86 valence electrons. The maximum absolute atomic E-state index is 11.5. The maximum Gasteiger partial charge on any atom is 0.338 e. The Balaban J connectivity index is 1.80. The Morgan fingerprint density at radius 2 is 2.12 bits per heavy atom. The van der Waals surface area contributed by atoms with E-state index in [0.717, 1.165) is 18.4 Å². The van der Waals surface area contributed by atoms with Gasteiger partial charge in [-0.25, -0.2) is 4.79 Å². The van der Waals surface area contributed by atoms with E-state index in [0.29, 0.717) is 6.61 Å². The van der Waals surface area contributed by atoms with Crippen LogP contribution < -0.4 is 0 Å². The van der Waals surface area contributed by atoms with Crippen LogP contribution in [0.3, 0.4) is 0 Å². The lowest BCUT2D eigenvalue weighted by molar-refractivity contribution is -0.145. The molecule has 1 heterocycles. The van der Waals surface area contributed by atoms with Crippen LogP contribution in [0.5, 0.6) is 0 Å². The number of benzene rings is 1. The zero-order valence-electron chi connectivity index (χ0n) is 9.39. The molecule has 0 amide bonds. The lowest BCUT2D eigenvalue weighted by Gasteiger charge is -2.00. The van der Waals surface area contributed by atoms with Crippen molar-refractivity contribution >= 4 is 5.97 Å². The first-order chi connectivity index (χ1) is 7.83. The minimum absolute atomic E-state index is 0.102. The highest BCUT2D eigenvalue weighted by Crippen LogP contribution is 2.39. The highest BCUT2D eigenvalue weighted by molar-refractivity contribution is 5.78. The lowest BCUT2D eigenvalue weighted by Crippen LogP contribution is -2.13. The molecule has 2 rings (SSSR count). The second kappa shape index (κ2) is 5.12. The van der Waals surface area contributed by atoms with Crippen LogP contribution in [-0.4, -0.2) is 18.7 Å². The van der Waals surface area contributed by atoms with Gasteiger partial charge in [0.1, 0.15) is 6.10 Å². The van der Waals surface area contributed by atoms with Crippen molar-refractivity contribution in [1.29, 1.82) is 0 Å². The lowest BCUT2D eigenvalue weighted by atomic mass is 10.1. The normalized spacial score (nSPS) is 22.8. The van der Waals surface area contributed by atoms with Gasteiger partial charge in [0, 0.05) is 0 Å². The van der Waals surface area contributed by atoms with E-state index in [2.05, 4.69) is 6.92 Å². The number of esters is 1. The Kier molecular flexibility index (Phi) is 3.57. The predicted octanol–water partition coefficient (Wildman–Crippen LogP) is 2.47. The van der Waals surface area contributed by atoms with Gasteiger partial charge in [0.25, 0.3) is 0 Å². The molecule has 0 radical (unpaired) electrons. The third kappa shape index (κ3) is 2.61. The molecule has 2 atom stereocenters. The summed E-state index contributed by atoms with van der Waals surface area (Å²) in [6.07, 6.45) is 1.45. The first-order valence-electron chi connectivity index (χ1n) is 5.70. The topological polar surface area (TPSA) is 38.8 Å². The van der Waals surface area contributed by atoms with Gasteiger partial charge in [0.05, 0.1) is 6.61 Å². The molecule has 1 aliphatic heterocycles. The van der Waals surface area contributed by atoms with Crippen molar-refractivity contribution in [3.05, 3.63) is 35.9 Å². The van der Waals surface area contributed by atoms with Crippen LogP contribution in [-0.2, 0) is 14.3 Å². The summed E-state index contributed by atoms with van der Waals surface area (Å²) in [5, 5.41) is 0. The van der Waals surface area contributed by atoms with Crippen LogP contribution in [0.1, 0.15) is 31.4 Å². The number of ether oxygens (including phenoxy) is 2. The fourth-order valence-corrected chi connectivity index (χ4v) is 1.59. The minimum Gasteiger partial charge on any atom is -0.464 e. The molecule has 16 heavy (non-hydrogen) atoms. The molecular weight excluding hydrogens is 204 g/mol. The zero-order chi connectivity index (χ0) is 11.4. The summed E-state index contributed by atoms with van der Waals surface area (Å²) in [4.78, 5) is 11.5. The van der Waals surface area contributed by atoms with Crippen molar-refractivity contribution in [2.75, 3.05) is 6.61 Å². The highest BCUT2D eigenvalue weighted by Gasteiger charge is 2.47. The molecule has 1 fully saturated rings. The number of epoxide rings is 1. The SMILES string of the molecule is CCCCOC(=O)C1OC1c1ccccc1. The Labute approximate surface area is 95.4 Å². The second-order valence-electron chi connectivity index (χ2n) is 3.91. The quantitative estimate of drug-likeness (QED) is 0.434. The van der Waals surface area contributed by atoms with Gasteiger partial charge in [0.15, 0.2) is 6.10 Å². The van der Waals surface area contributed by atoms with E-state index in [1.54, 1.807) is 0 Å². The maximum atomic E-state index is 11.5. The molecule has 0 spiro atoms. The van der Waals surface area contributed by atoms with Crippen molar-refractivity contribution < 1.29 is 14.3 Å². The summed E-state index contributed by atoms with van der Waals surface area (Å²) >= 11 is 0. The molecule has 0 aliphatic carbocycles. The van der Waals surface area contributed by atoms with Gasteiger partial charge in [-0.2, -0.15) is 0 Å². The standard InChI is InChI=1S/C13H16O3/c1-2-3-9-15-13(14)12-11(16-12)10-7-5-4-6-8-10/h4-8,11-12H,2-3,9H2,1H3. The molecule has 1 saturated heterocycles. The zero-order valence-corrected chi connectivity index (χ0v) is 9.39. The second-order valence-corrected chi connectivity index (χ2v) is 3.91. The molecule has 1 aromatic carbocycles. The largest absolute Gasteiger partial charge is 0.464 e. The summed E-state index contributed by atoms with van der Waals surface area (Å²) < 4.78 is 10.4. The Morgan fingerprint density at radius 3 is 2.81 bits per heavy atom. The summed E-state index contributed by atoms with van der Waals surface area (Å²) in [6, 6.07) is 9.75. The van der Waals surface area contributed by atoms with Gasteiger partial charge >= 0.3 is 5.97 Å². The third-order valence-electron chi connectivity index (χ3n) is 2.59. The molecular formula is C13H16O3. The molecule has 0 N–H and O–H groups in total. The van der Waals surface area contributed by atoms with Gasteiger partial charge in [-0.15, -0.1) is 0 Å². The fraction of sp³-hybridized carbons (Fsp3) is 0.462. The summed E-state index contributed by atoms with van der Waals surface area (Å²) in [5.41, 5.74) is 1.04. The number of hydrogen-bond donors (Lipinski definition) is 0. The molecule has 3 heteroatoms. The monoisotopic (exact) mass is 220 g/mol. The molecule has 0 saturated carbocycles. The van der Waals surface area contributed by atoms with E-state index in [1.165, 1.54) is 0 Å². The van der Waals surface area contributed by atoms with Crippen LogP contribution in [0.4, 0.5) is 0 Å². The van der Waals surface area contributed by atoms with Gasteiger partial charge in [-0.1, -0.05) is 43.7 Å². The van der Waals surface area contributed by atoms with E-state index in [4.69, 9.17) is 9.47 Å². The number of carbonyl (C=O) groups excluding carboxylic acids is 1. The first-order valence-corrected chi connectivity index (χ1v) is 5.70. The van der Waals surface area contributed by atoms with Crippen molar-refractivity contribution in [3.8, 4) is 0 Å².